The summed E-state index contributed by atoms with van der Waals surface area (Å²) in [6.45, 7) is 0. The first-order chi connectivity index (χ1) is 10.1. The molecule has 108 valence electrons. The van der Waals surface area contributed by atoms with Crippen molar-refractivity contribution in [1.29, 1.82) is 0 Å². The number of nitrogens with zero attached hydrogens (tertiary/aromatic N) is 1. The Kier molecular flexibility index (Phi) is 4.40. The molecule has 2 rings (SSSR count). The number of hydrazone groups is 1. The van der Waals surface area contributed by atoms with Gasteiger partial charge in [0.1, 0.15) is 17.2 Å². The van der Waals surface area contributed by atoms with Crippen LogP contribution < -0.4 is 10.2 Å². The average Bonchev–Trinajstić information content (AvgIpc) is 2.49. The highest BCUT2D eigenvalue weighted by Crippen LogP contribution is 2.20. The molecule has 2 aromatic carbocycles. The molecule has 0 aromatic heterocycles. The summed E-state index contributed by atoms with van der Waals surface area (Å²) in [5, 5.41) is 22.6. The zero-order valence-corrected chi connectivity index (χ0v) is 11.3. The van der Waals surface area contributed by atoms with Crippen LogP contribution in [0.3, 0.4) is 0 Å². The Labute approximate surface area is 121 Å². The predicted molar refractivity (Wildman–Crippen MR) is 77.8 cm³/mol. The standard InChI is InChI=1S/C15H14N2O4/c1-21-13-6-7-14(19)11(8-13)9-16-17-15(20)10-2-4-12(18)5-3-10/h2-9,18-19H,1H3,(H,17,20). The van der Waals surface area contributed by atoms with Crippen LogP contribution in [0.2, 0.25) is 0 Å². The van der Waals surface area contributed by atoms with E-state index >= 15 is 0 Å². The summed E-state index contributed by atoms with van der Waals surface area (Å²) in [6, 6.07) is 10.4. The largest absolute Gasteiger partial charge is 0.508 e. The van der Waals surface area contributed by atoms with Crippen LogP contribution in [0.5, 0.6) is 17.2 Å². The monoisotopic (exact) mass is 286 g/mol. The lowest BCUT2D eigenvalue weighted by molar-refractivity contribution is 0.0955. The molecular weight excluding hydrogens is 272 g/mol. The SMILES string of the molecule is COc1ccc(O)c(C=NNC(=O)c2ccc(O)cc2)c1. The molecule has 2 aromatic rings. The maximum atomic E-state index is 11.8. The highest BCUT2D eigenvalue weighted by Gasteiger charge is 2.04. The first-order valence-electron chi connectivity index (χ1n) is 6.09. The zero-order valence-electron chi connectivity index (χ0n) is 11.3. The normalized spacial score (nSPS) is 10.5. The van der Waals surface area contributed by atoms with Crippen molar-refractivity contribution in [2.24, 2.45) is 5.10 Å². The summed E-state index contributed by atoms with van der Waals surface area (Å²) in [5.41, 5.74) is 3.11. The average molecular weight is 286 g/mol. The van der Waals surface area contributed by atoms with Gasteiger partial charge in [0.25, 0.3) is 5.91 Å². The number of hydrogen-bond acceptors (Lipinski definition) is 5. The van der Waals surface area contributed by atoms with Gasteiger partial charge < -0.3 is 14.9 Å². The third-order valence-corrected chi connectivity index (χ3v) is 2.73. The fourth-order valence-corrected chi connectivity index (χ4v) is 1.60. The van der Waals surface area contributed by atoms with Crippen molar-refractivity contribution in [2.75, 3.05) is 7.11 Å². The number of benzene rings is 2. The fraction of sp³-hybridized carbons (Fsp3) is 0.0667. The number of nitrogens with one attached hydrogen (secondary N) is 1. The van der Waals surface area contributed by atoms with E-state index in [1.54, 1.807) is 12.1 Å². The van der Waals surface area contributed by atoms with E-state index in [4.69, 9.17) is 9.84 Å². The highest BCUT2D eigenvalue weighted by molar-refractivity contribution is 5.95. The van der Waals surface area contributed by atoms with Gasteiger partial charge in [-0.25, -0.2) is 5.43 Å². The van der Waals surface area contributed by atoms with Gasteiger partial charge in [0.2, 0.25) is 0 Å². The molecule has 0 fully saturated rings. The van der Waals surface area contributed by atoms with E-state index in [0.29, 0.717) is 16.9 Å². The molecule has 0 aliphatic heterocycles. The topological polar surface area (TPSA) is 91.2 Å². The van der Waals surface area contributed by atoms with Crippen LogP contribution in [0.15, 0.2) is 47.6 Å². The Morgan fingerprint density at radius 3 is 2.57 bits per heavy atom. The Hall–Kier alpha value is -3.02. The van der Waals surface area contributed by atoms with Crippen LogP contribution in [0.4, 0.5) is 0 Å². The molecule has 0 unspecified atom stereocenters. The van der Waals surface area contributed by atoms with Gasteiger partial charge in [-0.3, -0.25) is 4.79 Å². The zero-order chi connectivity index (χ0) is 15.2. The number of ether oxygens (including phenoxy) is 1. The van der Waals surface area contributed by atoms with E-state index in [1.807, 2.05) is 0 Å². The van der Waals surface area contributed by atoms with Crippen molar-refractivity contribution >= 4 is 12.1 Å². The number of phenols is 2. The molecule has 21 heavy (non-hydrogen) atoms. The van der Waals surface area contributed by atoms with Crippen LogP contribution in [0, 0.1) is 0 Å². The van der Waals surface area contributed by atoms with E-state index in [-0.39, 0.29) is 11.5 Å². The number of carbonyl (C=O) groups is 1. The summed E-state index contributed by atoms with van der Waals surface area (Å²) >= 11 is 0. The number of carbonyl (C=O) groups excluding carboxylic acids is 1. The van der Waals surface area contributed by atoms with Gasteiger partial charge in [-0.1, -0.05) is 0 Å². The minimum Gasteiger partial charge on any atom is -0.508 e. The molecule has 0 bridgehead atoms. The first kappa shape index (κ1) is 14.4. The van der Waals surface area contributed by atoms with Gasteiger partial charge in [0, 0.05) is 11.1 Å². The Morgan fingerprint density at radius 2 is 1.90 bits per heavy atom. The number of hydrogen-bond donors (Lipinski definition) is 3. The number of phenolic OH excluding ortho intramolecular Hbond substituents is 2. The van der Waals surface area contributed by atoms with Gasteiger partial charge in [-0.05, 0) is 42.5 Å². The molecular formula is C15H14N2O4. The van der Waals surface area contributed by atoms with Crippen LogP contribution in [-0.4, -0.2) is 29.4 Å². The van der Waals surface area contributed by atoms with Gasteiger partial charge in [-0.15, -0.1) is 0 Å². The quantitative estimate of drug-likeness (QED) is 0.591. The Balaban J connectivity index is 2.05. The molecule has 1 amide bonds. The molecule has 0 atom stereocenters. The van der Waals surface area contributed by atoms with E-state index < -0.39 is 5.91 Å². The predicted octanol–water partition coefficient (Wildman–Crippen LogP) is 1.87. The van der Waals surface area contributed by atoms with Crippen LogP contribution in [0.25, 0.3) is 0 Å². The van der Waals surface area contributed by atoms with E-state index in [1.165, 1.54) is 43.7 Å². The molecule has 0 aliphatic rings. The summed E-state index contributed by atoms with van der Waals surface area (Å²) in [7, 11) is 1.51. The Bertz CT molecular complexity index is 666. The lowest BCUT2D eigenvalue weighted by Crippen LogP contribution is -2.17. The van der Waals surface area contributed by atoms with E-state index in [2.05, 4.69) is 10.5 Å². The van der Waals surface area contributed by atoms with Gasteiger partial charge >= 0.3 is 0 Å². The summed E-state index contributed by atoms with van der Waals surface area (Å²) < 4.78 is 5.03. The third kappa shape index (κ3) is 3.73. The summed E-state index contributed by atoms with van der Waals surface area (Å²) in [5.74, 6) is 0.252. The fourth-order valence-electron chi connectivity index (χ4n) is 1.60. The van der Waals surface area contributed by atoms with Gasteiger partial charge in [0.05, 0.1) is 13.3 Å². The highest BCUT2D eigenvalue weighted by atomic mass is 16.5. The smallest absolute Gasteiger partial charge is 0.271 e. The second-order valence-corrected chi connectivity index (χ2v) is 4.17. The number of methoxy groups -OCH3 is 1. The molecule has 0 spiro atoms. The van der Waals surface area contributed by atoms with E-state index in [9.17, 15) is 9.90 Å². The lowest BCUT2D eigenvalue weighted by atomic mass is 10.2. The molecule has 0 saturated heterocycles. The van der Waals surface area contributed by atoms with Gasteiger partial charge in [0.15, 0.2) is 0 Å². The number of rotatable bonds is 4. The van der Waals surface area contributed by atoms with Crippen LogP contribution in [-0.2, 0) is 0 Å². The minimum atomic E-state index is -0.423. The summed E-state index contributed by atoms with van der Waals surface area (Å²) in [4.78, 5) is 11.8. The van der Waals surface area contributed by atoms with Crippen molar-refractivity contribution in [3.8, 4) is 17.2 Å². The number of aromatic hydroxyl groups is 2. The molecule has 6 nitrogen and oxygen atoms in total. The molecule has 0 heterocycles. The number of amides is 1. The van der Waals surface area contributed by atoms with Crippen molar-refractivity contribution in [3.63, 3.8) is 0 Å². The summed E-state index contributed by atoms with van der Waals surface area (Å²) in [6.07, 6.45) is 1.32. The van der Waals surface area contributed by atoms with Crippen molar-refractivity contribution in [3.05, 3.63) is 53.6 Å². The second-order valence-electron chi connectivity index (χ2n) is 4.17. The van der Waals surface area contributed by atoms with Crippen molar-refractivity contribution in [2.45, 2.75) is 0 Å². The van der Waals surface area contributed by atoms with Gasteiger partial charge in [-0.2, -0.15) is 5.10 Å². The van der Waals surface area contributed by atoms with Crippen molar-refractivity contribution < 1.29 is 19.7 Å². The molecule has 0 aliphatic carbocycles. The van der Waals surface area contributed by atoms with Crippen molar-refractivity contribution in [1.82, 2.24) is 5.43 Å². The maximum absolute atomic E-state index is 11.8. The Morgan fingerprint density at radius 1 is 1.19 bits per heavy atom. The van der Waals surface area contributed by atoms with Crippen LogP contribution >= 0.6 is 0 Å². The first-order valence-corrected chi connectivity index (χ1v) is 6.09. The molecule has 6 heteroatoms. The van der Waals surface area contributed by atoms with E-state index in [0.717, 1.165) is 0 Å². The molecule has 0 saturated carbocycles. The van der Waals surface area contributed by atoms with Crippen LogP contribution in [0.1, 0.15) is 15.9 Å². The lowest BCUT2D eigenvalue weighted by Gasteiger charge is -2.03. The maximum Gasteiger partial charge on any atom is 0.271 e. The minimum absolute atomic E-state index is 0.0263. The molecule has 3 N–H and O–H groups in total. The third-order valence-electron chi connectivity index (χ3n) is 2.73. The second kappa shape index (κ2) is 6.42. The molecule has 0 radical (unpaired) electrons.